The largest absolute Gasteiger partial charge is 0.483 e. The number of urea groups is 1. The Bertz CT molecular complexity index is 998. The van der Waals surface area contributed by atoms with Gasteiger partial charge in [0.2, 0.25) is 5.91 Å². The molecule has 0 aliphatic carbocycles. The summed E-state index contributed by atoms with van der Waals surface area (Å²) >= 11 is 0. The number of likely N-dealkylation sites (tertiary alicyclic amines) is 2. The smallest absolute Gasteiger partial charge is 0.347 e. The van der Waals surface area contributed by atoms with Gasteiger partial charge in [0, 0.05) is 32.6 Å². The molecule has 3 amide bonds. The highest BCUT2D eigenvalue weighted by atomic mass is 32.2. The first-order chi connectivity index (χ1) is 15.0. The highest BCUT2D eigenvalue weighted by Crippen LogP contribution is 2.33. The summed E-state index contributed by atoms with van der Waals surface area (Å²) in [5.41, 5.74) is -4.75. The minimum atomic E-state index is -5.10. The number of rotatable bonds is 3. The van der Waals surface area contributed by atoms with Gasteiger partial charge in [-0.15, -0.1) is 0 Å². The minimum Gasteiger partial charge on any atom is -0.347 e. The zero-order valence-corrected chi connectivity index (χ0v) is 18.4. The molecule has 3 fully saturated rings. The molecule has 0 bridgehead atoms. The Morgan fingerprint density at radius 3 is 2.53 bits per heavy atom. The van der Waals surface area contributed by atoms with Crippen LogP contribution >= 0.6 is 0 Å². The van der Waals surface area contributed by atoms with Crippen LogP contribution < -0.4 is 5.32 Å². The van der Waals surface area contributed by atoms with Gasteiger partial charge in [0.25, 0.3) is 0 Å². The first-order valence-corrected chi connectivity index (χ1v) is 12.3. The van der Waals surface area contributed by atoms with Crippen molar-refractivity contribution in [1.82, 2.24) is 15.1 Å². The summed E-state index contributed by atoms with van der Waals surface area (Å²) in [6.07, 6.45) is 4.24. The van der Waals surface area contributed by atoms with E-state index in [4.69, 9.17) is 4.78 Å². The predicted molar refractivity (Wildman–Crippen MR) is 111 cm³/mol. The third kappa shape index (κ3) is 4.44. The maximum absolute atomic E-state index is 12.9. The lowest BCUT2D eigenvalue weighted by atomic mass is 9.81. The average Bonchev–Trinajstić information content (AvgIpc) is 2.71. The number of nitrogens with zero attached hydrogens (tertiary/aromatic N) is 2. The Morgan fingerprint density at radius 2 is 1.91 bits per heavy atom. The Hall–Kier alpha value is -2.30. The van der Waals surface area contributed by atoms with Crippen LogP contribution in [0.1, 0.15) is 37.7 Å². The summed E-state index contributed by atoms with van der Waals surface area (Å²) in [6.45, 7) is 2.21. The third-order valence-corrected chi connectivity index (χ3v) is 8.26. The Morgan fingerprint density at radius 1 is 1.22 bits per heavy atom. The van der Waals surface area contributed by atoms with Gasteiger partial charge in [-0.3, -0.25) is 4.79 Å². The molecule has 3 saturated heterocycles. The van der Waals surface area contributed by atoms with Crippen molar-refractivity contribution < 1.29 is 27.0 Å². The van der Waals surface area contributed by atoms with Gasteiger partial charge in [0.1, 0.15) is 0 Å². The number of piperidine rings is 2. The fourth-order valence-electron chi connectivity index (χ4n) is 4.91. The van der Waals surface area contributed by atoms with Gasteiger partial charge in [-0.1, -0.05) is 12.1 Å². The molecule has 0 unspecified atom stereocenters. The van der Waals surface area contributed by atoms with E-state index >= 15 is 0 Å². The van der Waals surface area contributed by atoms with Crippen LogP contribution in [0.15, 0.2) is 29.2 Å². The lowest BCUT2D eigenvalue weighted by molar-refractivity contribution is -0.128. The van der Waals surface area contributed by atoms with Crippen LogP contribution in [0.2, 0.25) is 0 Å². The van der Waals surface area contributed by atoms with Gasteiger partial charge < -0.3 is 15.1 Å². The molecule has 1 spiro atoms. The fourth-order valence-corrected chi connectivity index (χ4v) is 5.77. The van der Waals surface area contributed by atoms with E-state index in [2.05, 4.69) is 5.32 Å². The van der Waals surface area contributed by atoms with Crippen molar-refractivity contribution in [2.45, 2.75) is 54.5 Å². The number of halogens is 3. The standard InChI is InChI=1S/C21H27F3N4O3S/c22-21(23,24)32(25,31)17-4-1-3-16(12-17)11-15-6-9-27(10-7-15)19(30)28-13-20(14-28)8-2-5-18(29)26-20/h1,3-4,12,15,25H,2,5-11,13-14H2,(H,26,29)/t32-/m1/s1. The van der Waals surface area contributed by atoms with Gasteiger partial charge in [-0.2, -0.15) is 13.2 Å². The lowest BCUT2D eigenvalue weighted by Crippen LogP contribution is -2.73. The predicted octanol–water partition coefficient (Wildman–Crippen LogP) is 3.34. The maximum Gasteiger partial charge on any atom is 0.483 e. The molecular weight excluding hydrogens is 445 g/mol. The molecule has 3 aliphatic rings. The van der Waals surface area contributed by atoms with Gasteiger partial charge in [-0.05, 0) is 55.7 Å². The van der Waals surface area contributed by atoms with Crippen molar-refractivity contribution >= 4 is 21.7 Å². The van der Waals surface area contributed by atoms with Crippen LogP contribution in [0.3, 0.4) is 0 Å². The van der Waals surface area contributed by atoms with Crippen LogP contribution in [0, 0.1) is 10.7 Å². The molecular formula is C21H27F3N4O3S. The summed E-state index contributed by atoms with van der Waals surface area (Å²) < 4.78 is 58.0. The number of hydrogen-bond acceptors (Lipinski definition) is 4. The van der Waals surface area contributed by atoms with Gasteiger partial charge in [0.05, 0.1) is 10.4 Å². The molecule has 1 atom stereocenters. The number of carbonyl (C=O) groups is 2. The van der Waals surface area contributed by atoms with Crippen molar-refractivity contribution in [2.24, 2.45) is 5.92 Å². The molecule has 3 heterocycles. The molecule has 1 aromatic rings. The van der Waals surface area contributed by atoms with Crippen molar-refractivity contribution in [2.75, 3.05) is 26.2 Å². The first kappa shape index (κ1) is 22.9. The fraction of sp³-hybridized carbons (Fsp3) is 0.619. The molecule has 4 rings (SSSR count). The molecule has 7 nitrogen and oxygen atoms in total. The van der Waals surface area contributed by atoms with E-state index in [1.807, 2.05) is 0 Å². The molecule has 32 heavy (non-hydrogen) atoms. The van der Waals surface area contributed by atoms with Gasteiger partial charge in [-0.25, -0.2) is 13.8 Å². The average molecular weight is 473 g/mol. The van der Waals surface area contributed by atoms with Gasteiger partial charge in [0.15, 0.2) is 9.73 Å². The molecule has 1 aromatic carbocycles. The van der Waals surface area contributed by atoms with Crippen LogP contribution in [-0.4, -0.2) is 63.2 Å². The van der Waals surface area contributed by atoms with Crippen LogP contribution in [-0.2, 0) is 20.9 Å². The van der Waals surface area contributed by atoms with E-state index in [9.17, 15) is 27.0 Å². The van der Waals surface area contributed by atoms with Crippen molar-refractivity contribution in [3.8, 4) is 0 Å². The van der Waals surface area contributed by atoms with E-state index in [1.54, 1.807) is 15.9 Å². The van der Waals surface area contributed by atoms with Crippen LogP contribution in [0.4, 0.5) is 18.0 Å². The number of hydrogen-bond donors (Lipinski definition) is 2. The summed E-state index contributed by atoms with van der Waals surface area (Å²) in [6, 6.07) is 5.37. The van der Waals surface area contributed by atoms with Crippen LogP contribution in [0.5, 0.6) is 0 Å². The molecule has 0 radical (unpaired) electrons. The second-order valence-electron chi connectivity index (χ2n) is 9.10. The number of nitrogens with one attached hydrogen (secondary N) is 2. The SMILES string of the molecule is N=[S@@](=O)(c1cccc(CC2CCN(C(=O)N3CC4(CCCC(=O)N4)C3)CC2)c1)C(F)(F)F. The summed E-state index contributed by atoms with van der Waals surface area (Å²) in [7, 11) is -4.87. The second-order valence-corrected chi connectivity index (χ2v) is 11.2. The monoisotopic (exact) mass is 472 g/mol. The Labute approximate surface area is 185 Å². The van der Waals surface area contributed by atoms with E-state index in [-0.39, 0.29) is 23.4 Å². The molecule has 11 heteroatoms. The molecule has 3 aliphatic heterocycles. The lowest BCUT2D eigenvalue weighted by Gasteiger charge is -2.53. The number of carbonyl (C=O) groups excluding carboxylic acids is 2. The van der Waals surface area contributed by atoms with E-state index < -0.39 is 20.1 Å². The first-order valence-electron chi connectivity index (χ1n) is 10.8. The quantitative estimate of drug-likeness (QED) is 0.707. The van der Waals surface area contributed by atoms with Crippen LogP contribution in [0.25, 0.3) is 0 Å². The minimum absolute atomic E-state index is 0.0324. The summed E-state index contributed by atoms with van der Waals surface area (Å²) in [5, 5.41) is 3.02. The normalized spacial score (nSPS) is 23.4. The maximum atomic E-state index is 12.9. The molecule has 0 saturated carbocycles. The van der Waals surface area contributed by atoms with E-state index in [0.29, 0.717) is 44.6 Å². The molecule has 2 N–H and O–H groups in total. The topological polar surface area (TPSA) is 93.6 Å². The second kappa shape index (κ2) is 8.24. The summed E-state index contributed by atoms with van der Waals surface area (Å²) in [5.74, 6) is 0.243. The number of benzene rings is 1. The Balaban J connectivity index is 1.29. The molecule has 176 valence electrons. The number of alkyl halides is 3. The Kier molecular flexibility index (Phi) is 5.89. The van der Waals surface area contributed by atoms with Crippen molar-refractivity contribution in [3.05, 3.63) is 29.8 Å². The van der Waals surface area contributed by atoms with E-state index in [0.717, 1.165) is 31.7 Å². The zero-order chi connectivity index (χ0) is 23.1. The molecule has 0 aromatic heterocycles. The third-order valence-electron chi connectivity index (χ3n) is 6.69. The van der Waals surface area contributed by atoms with Crippen molar-refractivity contribution in [1.29, 1.82) is 4.78 Å². The zero-order valence-electron chi connectivity index (χ0n) is 17.6. The summed E-state index contributed by atoms with van der Waals surface area (Å²) in [4.78, 5) is 27.5. The highest BCUT2D eigenvalue weighted by molar-refractivity contribution is 7.93. The highest BCUT2D eigenvalue weighted by Gasteiger charge is 2.48. The van der Waals surface area contributed by atoms with Crippen molar-refractivity contribution in [3.63, 3.8) is 0 Å². The van der Waals surface area contributed by atoms with Gasteiger partial charge >= 0.3 is 11.5 Å². The van der Waals surface area contributed by atoms with E-state index in [1.165, 1.54) is 12.1 Å². The number of amides is 3.